The maximum atomic E-state index is 11.4. The van der Waals surface area contributed by atoms with E-state index in [2.05, 4.69) is 10.2 Å². The fraction of sp³-hybridized carbons (Fsp3) is 0.900. The molecule has 0 aromatic heterocycles. The van der Waals surface area contributed by atoms with Gasteiger partial charge >= 0.3 is 0 Å². The van der Waals surface area contributed by atoms with Crippen molar-refractivity contribution in [3.63, 3.8) is 0 Å². The van der Waals surface area contributed by atoms with E-state index in [9.17, 15) is 4.79 Å². The number of nitrogens with zero attached hydrogens (tertiary/aromatic N) is 1. The molecule has 1 heterocycles. The minimum atomic E-state index is -0.0159. The van der Waals surface area contributed by atoms with Gasteiger partial charge in [0.25, 0.3) is 0 Å². The summed E-state index contributed by atoms with van der Waals surface area (Å²) >= 11 is 0. The van der Waals surface area contributed by atoms with Crippen LogP contribution >= 0.6 is 0 Å². The predicted molar refractivity (Wildman–Crippen MR) is 55.1 cm³/mol. The largest absolute Gasteiger partial charge is 0.381 e. The van der Waals surface area contributed by atoms with Crippen LogP contribution in [0.5, 0.6) is 0 Å². The molecule has 4 nitrogen and oxygen atoms in total. The molecule has 82 valence electrons. The van der Waals surface area contributed by atoms with Crippen molar-refractivity contribution in [2.45, 2.75) is 31.9 Å². The first-order valence-electron chi connectivity index (χ1n) is 5.17. The fourth-order valence-electron chi connectivity index (χ4n) is 1.87. The molecule has 0 radical (unpaired) electrons. The van der Waals surface area contributed by atoms with Gasteiger partial charge in [0, 0.05) is 27.2 Å². The van der Waals surface area contributed by atoms with Crippen molar-refractivity contribution in [1.82, 2.24) is 10.2 Å². The molecule has 1 N–H and O–H groups in total. The highest BCUT2D eigenvalue weighted by molar-refractivity contribution is 5.80. The van der Waals surface area contributed by atoms with Crippen molar-refractivity contribution in [2.24, 2.45) is 0 Å². The van der Waals surface area contributed by atoms with Crippen LogP contribution in [0.3, 0.4) is 0 Å². The van der Waals surface area contributed by atoms with Crippen LogP contribution in [0.25, 0.3) is 0 Å². The van der Waals surface area contributed by atoms with E-state index in [1.54, 1.807) is 14.2 Å². The highest BCUT2D eigenvalue weighted by Crippen LogP contribution is 2.15. The minimum absolute atomic E-state index is 0.0159. The highest BCUT2D eigenvalue weighted by atomic mass is 16.5. The van der Waals surface area contributed by atoms with Gasteiger partial charge in [-0.3, -0.25) is 9.69 Å². The lowest BCUT2D eigenvalue weighted by Crippen LogP contribution is -2.48. The summed E-state index contributed by atoms with van der Waals surface area (Å²) in [4.78, 5) is 13.6. The molecule has 1 aliphatic rings. The van der Waals surface area contributed by atoms with E-state index in [-0.39, 0.29) is 11.9 Å². The van der Waals surface area contributed by atoms with Gasteiger partial charge in [-0.2, -0.15) is 0 Å². The number of carbonyl (C=O) groups is 1. The van der Waals surface area contributed by atoms with Gasteiger partial charge < -0.3 is 10.1 Å². The normalized spacial score (nSPS) is 21.9. The number of rotatable bonds is 3. The second-order valence-corrected chi connectivity index (χ2v) is 3.76. The van der Waals surface area contributed by atoms with Gasteiger partial charge in [0.1, 0.15) is 0 Å². The van der Waals surface area contributed by atoms with Gasteiger partial charge in [-0.25, -0.2) is 0 Å². The Morgan fingerprint density at radius 3 is 2.50 bits per heavy atom. The first-order chi connectivity index (χ1) is 6.69. The molecule has 0 saturated carbocycles. The van der Waals surface area contributed by atoms with Crippen LogP contribution in [0.4, 0.5) is 0 Å². The average molecular weight is 200 g/mol. The highest BCUT2D eigenvalue weighted by Gasteiger charge is 2.25. The van der Waals surface area contributed by atoms with Crippen molar-refractivity contribution < 1.29 is 9.53 Å². The summed E-state index contributed by atoms with van der Waals surface area (Å²) in [6.07, 6.45) is 2.43. The van der Waals surface area contributed by atoms with Gasteiger partial charge in [0.05, 0.1) is 12.1 Å². The van der Waals surface area contributed by atoms with Crippen molar-refractivity contribution in [3.8, 4) is 0 Å². The van der Waals surface area contributed by atoms with E-state index in [4.69, 9.17) is 4.74 Å². The zero-order valence-electron chi connectivity index (χ0n) is 9.25. The van der Waals surface area contributed by atoms with E-state index in [1.807, 2.05) is 6.92 Å². The quantitative estimate of drug-likeness (QED) is 0.709. The lowest BCUT2D eigenvalue weighted by Gasteiger charge is -2.34. The number of likely N-dealkylation sites (tertiary alicyclic amines) is 1. The van der Waals surface area contributed by atoms with Crippen LogP contribution in [0.15, 0.2) is 0 Å². The molecule has 0 aliphatic carbocycles. The Hall–Kier alpha value is -0.610. The number of hydrogen-bond donors (Lipinski definition) is 1. The molecule has 1 fully saturated rings. The van der Waals surface area contributed by atoms with Crippen LogP contribution in [-0.4, -0.2) is 50.2 Å². The summed E-state index contributed by atoms with van der Waals surface area (Å²) in [6, 6.07) is -0.0159. The summed E-state index contributed by atoms with van der Waals surface area (Å²) in [5, 5.41) is 2.68. The summed E-state index contributed by atoms with van der Waals surface area (Å²) in [6.45, 7) is 3.85. The van der Waals surface area contributed by atoms with Gasteiger partial charge in [-0.1, -0.05) is 0 Å². The van der Waals surface area contributed by atoms with Crippen molar-refractivity contribution in [3.05, 3.63) is 0 Å². The number of ether oxygens (including phenoxy) is 1. The molecule has 1 rings (SSSR count). The molecule has 0 bridgehead atoms. The third kappa shape index (κ3) is 2.69. The lowest BCUT2D eigenvalue weighted by atomic mass is 10.1. The molecule has 0 aromatic carbocycles. The maximum absolute atomic E-state index is 11.4. The van der Waals surface area contributed by atoms with Crippen molar-refractivity contribution in [2.75, 3.05) is 27.2 Å². The van der Waals surface area contributed by atoms with E-state index in [0.29, 0.717) is 6.10 Å². The number of methoxy groups -OCH3 is 1. The van der Waals surface area contributed by atoms with Gasteiger partial charge in [0.2, 0.25) is 5.91 Å². The molecule has 0 spiro atoms. The summed E-state index contributed by atoms with van der Waals surface area (Å²) in [7, 11) is 3.43. The maximum Gasteiger partial charge on any atom is 0.236 e. The smallest absolute Gasteiger partial charge is 0.236 e. The molecule has 1 amide bonds. The van der Waals surface area contributed by atoms with Crippen LogP contribution in [0, 0.1) is 0 Å². The Balaban J connectivity index is 2.37. The second-order valence-electron chi connectivity index (χ2n) is 3.76. The number of piperidine rings is 1. The zero-order valence-corrected chi connectivity index (χ0v) is 9.25. The van der Waals surface area contributed by atoms with E-state index in [0.717, 1.165) is 25.9 Å². The molecule has 1 aliphatic heterocycles. The molecule has 0 unspecified atom stereocenters. The molecule has 4 heteroatoms. The van der Waals surface area contributed by atoms with Crippen LogP contribution < -0.4 is 5.32 Å². The van der Waals surface area contributed by atoms with Crippen LogP contribution in [0.1, 0.15) is 19.8 Å². The topological polar surface area (TPSA) is 41.6 Å². The van der Waals surface area contributed by atoms with Gasteiger partial charge in [0.15, 0.2) is 0 Å². The monoisotopic (exact) mass is 200 g/mol. The average Bonchev–Trinajstić information content (AvgIpc) is 2.27. The molecular weight excluding hydrogens is 180 g/mol. The predicted octanol–water partition coefficient (Wildman–Crippen LogP) is 0.232. The summed E-state index contributed by atoms with van der Waals surface area (Å²) < 4.78 is 5.28. The number of likely N-dealkylation sites (N-methyl/N-ethyl adjacent to an activating group) is 1. The molecular formula is C10H20N2O2. The fourth-order valence-corrected chi connectivity index (χ4v) is 1.87. The second kappa shape index (κ2) is 5.32. The number of hydrogen-bond acceptors (Lipinski definition) is 3. The van der Waals surface area contributed by atoms with Gasteiger partial charge in [-0.05, 0) is 19.8 Å². The first-order valence-corrected chi connectivity index (χ1v) is 5.17. The van der Waals surface area contributed by atoms with E-state index >= 15 is 0 Å². The Bertz CT molecular complexity index is 189. The summed E-state index contributed by atoms with van der Waals surface area (Å²) in [5.74, 6) is 0.0980. The van der Waals surface area contributed by atoms with E-state index in [1.165, 1.54) is 0 Å². The molecule has 1 atom stereocenters. The van der Waals surface area contributed by atoms with Crippen LogP contribution in [0.2, 0.25) is 0 Å². The minimum Gasteiger partial charge on any atom is -0.381 e. The van der Waals surface area contributed by atoms with Crippen molar-refractivity contribution in [1.29, 1.82) is 0 Å². The van der Waals surface area contributed by atoms with E-state index < -0.39 is 0 Å². The third-order valence-electron chi connectivity index (χ3n) is 2.98. The van der Waals surface area contributed by atoms with Crippen molar-refractivity contribution >= 4 is 5.91 Å². The van der Waals surface area contributed by atoms with Crippen LogP contribution in [-0.2, 0) is 9.53 Å². The number of nitrogens with one attached hydrogen (secondary N) is 1. The molecule has 14 heavy (non-hydrogen) atoms. The SMILES string of the molecule is CNC(=O)[C@@H](C)N1CCC(OC)CC1. The Labute approximate surface area is 85.6 Å². The zero-order chi connectivity index (χ0) is 10.6. The number of carbonyl (C=O) groups excluding carboxylic acids is 1. The molecule has 1 saturated heterocycles. The standard InChI is InChI=1S/C10H20N2O2/c1-8(10(13)11-2)12-6-4-9(14-3)5-7-12/h8-9H,4-7H2,1-3H3,(H,11,13)/t8-/m1/s1. The lowest BCUT2D eigenvalue weighted by molar-refractivity contribution is -0.126. The van der Waals surface area contributed by atoms with Gasteiger partial charge in [-0.15, -0.1) is 0 Å². The Kier molecular flexibility index (Phi) is 4.35. The Morgan fingerprint density at radius 2 is 2.07 bits per heavy atom. The Morgan fingerprint density at radius 1 is 1.50 bits per heavy atom. The third-order valence-corrected chi connectivity index (χ3v) is 2.98. The first kappa shape index (κ1) is 11.5. The molecule has 0 aromatic rings. The summed E-state index contributed by atoms with van der Waals surface area (Å²) in [5.41, 5.74) is 0. The number of amides is 1.